The van der Waals surface area contributed by atoms with Gasteiger partial charge in [0.25, 0.3) is 0 Å². The molecule has 32 heavy (non-hydrogen) atoms. The number of aliphatic carboxylic acids is 3. The summed E-state index contributed by atoms with van der Waals surface area (Å²) in [4.78, 5) is 46.3. The smallest absolute Gasteiger partial charge is 0.542 e. The number of alkyl halides is 12. The molecule has 0 aromatic carbocycles. The Morgan fingerprint density at radius 2 is 0.688 bits per heavy atom. The number of hydrogen-bond donors (Lipinski definition) is 0. The third-order valence-corrected chi connectivity index (χ3v) is 1.42. The van der Waals surface area contributed by atoms with Crippen LogP contribution in [0.5, 0.6) is 0 Å². The van der Waals surface area contributed by atoms with Gasteiger partial charge in [0.15, 0.2) is 0 Å². The van der Waals surface area contributed by atoms with Crippen molar-refractivity contribution in [1.82, 2.24) is 0 Å². The van der Waals surface area contributed by atoms with Crippen LogP contribution in [0, 0.1) is 37.7 Å². The fourth-order valence-corrected chi connectivity index (χ4v) is 0.326. The summed E-state index contributed by atoms with van der Waals surface area (Å²) < 4.78 is 129. The van der Waals surface area contributed by atoms with E-state index >= 15 is 0 Å². The average molecular weight is 658 g/mol. The molecule has 0 aliphatic heterocycles. The minimum atomic E-state index is -5.19. The molecule has 0 saturated heterocycles. The van der Waals surface area contributed by atoms with Gasteiger partial charge in [-0.15, -0.1) is 0 Å². The fourth-order valence-electron chi connectivity index (χ4n) is 0.326. The molecule has 192 valence electrons. The molecule has 21 heteroatoms. The van der Waals surface area contributed by atoms with Gasteiger partial charge < -0.3 is 29.7 Å². The van der Waals surface area contributed by atoms with Gasteiger partial charge in [0.1, 0.15) is 23.7 Å². The van der Waals surface area contributed by atoms with Crippen LogP contribution in [0.3, 0.4) is 0 Å². The first-order valence-corrected chi connectivity index (χ1v) is 6.11. The Morgan fingerprint density at radius 1 is 0.531 bits per heavy atom. The Bertz CT molecular complexity index is 576. The summed E-state index contributed by atoms with van der Waals surface area (Å²) in [6, 6.07) is 0. The van der Waals surface area contributed by atoms with E-state index in [4.69, 9.17) is 29.7 Å². The SMILES string of the molecule is CC(=O)CC(=O)C(F)(F)F.O=C([O-])C(F)(F)F.O=C([O-])C(F)(F)F.O=C([O-])C(F)(F)F.[Ho+3]. The van der Waals surface area contributed by atoms with Gasteiger partial charge in [-0.25, -0.2) is 0 Å². The van der Waals surface area contributed by atoms with Crippen molar-refractivity contribution in [3.63, 3.8) is 0 Å². The van der Waals surface area contributed by atoms with Gasteiger partial charge in [-0.05, 0) is 6.92 Å². The van der Waals surface area contributed by atoms with Crippen LogP contribution in [0.15, 0.2) is 0 Å². The Hall–Kier alpha value is -1.83. The molecule has 0 spiro atoms. The van der Waals surface area contributed by atoms with Gasteiger partial charge in [0, 0.05) is 0 Å². The molecule has 0 aromatic rings. The van der Waals surface area contributed by atoms with E-state index in [2.05, 4.69) is 0 Å². The second-order valence-electron chi connectivity index (χ2n) is 4.16. The van der Waals surface area contributed by atoms with Crippen molar-refractivity contribution in [1.29, 1.82) is 0 Å². The van der Waals surface area contributed by atoms with Crippen molar-refractivity contribution >= 4 is 29.5 Å². The molecule has 0 aromatic heterocycles. The van der Waals surface area contributed by atoms with Crippen molar-refractivity contribution in [3.8, 4) is 0 Å². The maximum atomic E-state index is 11.3. The van der Waals surface area contributed by atoms with Gasteiger partial charge >= 0.3 is 62.4 Å². The monoisotopic (exact) mass is 658 g/mol. The summed E-state index contributed by atoms with van der Waals surface area (Å²) in [5.41, 5.74) is 0. The van der Waals surface area contributed by atoms with E-state index < -0.39 is 60.6 Å². The number of carboxylic acids is 3. The van der Waals surface area contributed by atoms with E-state index in [9.17, 15) is 62.3 Å². The van der Waals surface area contributed by atoms with E-state index in [0.717, 1.165) is 6.92 Å². The summed E-state index contributed by atoms with van der Waals surface area (Å²) in [5.74, 6) is -11.8. The van der Waals surface area contributed by atoms with Crippen LogP contribution in [0.2, 0.25) is 0 Å². The van der Waals surface area contributed by atoms with Crippen LogP contribution in [0.1, 0.15) is 13.3 Å². The minimum absolute atomic E-state index is 0. The first kappa shape index (κ1) is 40.5. The number of rotatable bonds is 2. The minimum Gasteiger partial charge on any atom is -0.542 e. The summed E-state index contributed by atoms with van der Waals surface area (Å²) >= 11 is 0. The van der Waals surface area contributed by atoms with Crippen LogP contribution in [0.4, 0.5) is 52.7 Å². The first-order valence-electron chi connectivity index (χ1n) is 6.11. The molecule has 0 bridgehead atoms. The maximum absolute atomic E-state index is 11.3. The van der Waals surface area contributed by atoms with Crippen LogP contribution in [-0.4, -0.2) is 54.2 Å². The second-order valence-corrected chi connectivity index (χ2v) is 4.16. The van der Waals surface area contributed by atoms with Gasteiger partial charge in [-0.3, -0.25) is 9.59 Å². The molecule has 0 saturated carbocycles. The van der Waals surface area contributed by atoms with E-state index in [1.54, 1.807) is 0 Å². The molecule has 0 amide bonds. The van der Waals surface area contributed by atoms with Crippen LogP contribution in [-0.2, 0) is 24.0 Å². The Morgan fingerprint density at radius 3 is 0.719 bits per heavy atom. The molecular weight excluding hydrogens is 653 g/mol. The summed E-state index contributed by atoms with van der Waals surface area (Å²) in [5, 5.41) is 26.4. The van der Waals surface area contributed by atoms with Crippen molar-refractivity contribution in [3.05, 3.63) is 0 Å². The largest absolute Gasteiger partial charge is 3.00 e. The average Bonchev–Trinajstić information content (AvgIpc) is 2.44. The predicted octanol–water partition coefficient (Wildman–Crippen LogP) is -1.01. The van der Waals surface area contributed by atoms with E-state index in [0.29, 0.717) is 0 Å². The van der Waals surface area contributed by atoms with Crippen molar-refractivity contribution in [2.75, 3.05) is 0 Å². The molecule has 0 atom stereocenters. The molecule has 0 fully saturated rings. The molecule has 8 nitrogen and oxygen atoms in total. The number of halogens is 12. The first-order chi connectivity index (χ1) is 13.2. The van der Waals surface area contributed by atoms with Crippen LogP contribution < -0.4 is 15.3 Å². The topological polar surface area (TPSA) is 155 Å². The van der Waals surface area contributed by atoms with Crippen LogP contribution in [0.25, 0.3) is 0 Å². The van der Waals surface area contributed by atoms with E-state index in [1.807, 2.05) is 0 Å². The molecule has 0 N–H and O–H groups in total. The molecule has 0 aliphatic carbocycles. The summed E-state index contributed by atoms with van der Waals surface area (Å²) in [6.45, 7) is 0.934. The number of ketones is 2. The maximum Gasteiger partial charge on any atom is 3.00 e. The van der Waals surface area contributed by atoms with Gasteiger partial charge in [0.05, 0.1) is 6.42 Å². The molecule has 0 rings (SSSR count). The third kappa shape index (κ3) is 30.4. The zero-order chi connectivity index (χ0) is 26.6. The standard InChI is InChI=1S/C5H5F3O2.3C2HF3O2.Ho/c1-3(9)2-4(10)5(6,7)8;3*3-2(4,5)1(6)7;/h2H2,1H3;3*(H,6,7);/q;;;;+3/p-3. The third-order valence-electron chi connectivity index (χ3n) is 1.42. The zero-order valence-electron chi connectivity index (χ0n) is 14.3. The van der Waals surface area contributed by atoms with Gasteiger partial charge in [0.2, 0.25) is 5.78 Å². The molecular formula is C11H5F12HoO8. The van der Waals surface area contributed by atoms with Gasteiger partial charge in [-0.2, -0.15) is 52.7 Å². The fraction of sp³-hybridized carbons (Fsp3) is 0.545. The number of hydrogen-bond acceptors (Lipinski definition) is 8. The van der Waals surface area contributed by atoms with E-state index in [1.165, 1.54) is 0 Å². The Labute approximate surface area is 197 Å². The summed E-state index contributed by atoms with van der Waals surface area (Å²) in [6.07, 6.45) is -21.5. The second kappa shape index (κ2) is 15.9. The molecule has 0 heterocycles. The molecule has 0 aliphatic rings. The quantitative estimate of drug-likeness (QED) is 0.208. The van der Waals surface area contributed by atoms with Gasteiger partial charge in [-0.1, -0.05) is 0 Å². The predicted molar refractivity (Wildman–Crippen MR) is 59.5 cm³/mol. The van der Waals surface area contributed by atoms with E-state index in [-0.39, 0.29) is 37.7 Å². The van der Waals surface area contributed by atoms with Crippen molar-refractivity contribution in [2.24, 2.45) is 0 Å². The normalized spacial score (nSPS) is 10.9. The number of Topliss-reactive ketones (excluding diaryl/α,β-unsaturated/α-hetero) is 2. The summed E-state index contributed by atoms with van der Waals surface area (Å²) in [7, 11) is 0. The Kier molecular flexibility index (Phi) is 20.1. The number of carbonyl (C=O) groups is 5. The molecule has 0 unspecified atom stereocenters. The number of carboxylic acid groups (broad SMARTS) is 3. The zero-order valence-corrected chi connectivity index (χ0v) is 16.2. The molecule has 0 radical (unpaired) electrons. The number of carbonyl (C=O) groups excluding carboxylic acids is 5. The van der Waals surface area contributed by atoms with Crippen molar-refractivity contribution < 1.29 is 130 Å². The van der Waals surface area contributed by atoms with Crippen molar-refractivity contribution in [2.45, 2.75) is 38.0 Å². The van der Waals surface area contributed by atoms with Crippen LogP contribution >= 0.6 is 0 Å². The Balaban J connectivity index is -0.000000102.